The van der Waals surface area contributed by atoms with Crippen molar-refractivity contribution >= 4 is 23.6 Å². The molecule has 0 saturated carbocycles. The molecule has 0 radical (unpaired) electrons. The molecule has 0 heterocycles. The summed E-state index contributed by atoms with van der Waals surface area (Å²) < 4.78 is 10.8. The van der Waals surface area contributed by atoms with Gasteiger partial charge in [0.25, 0.3) is 23.6 Å². The van der Waals surface area contributed by atoms with Crippen LogP contribution in [0.25, 0.3) is 0 Å². The van der Waals surface area contributed by atoms with Gasteiger partial charge in [0.1, 0.15) is 11.5 Å². The average molecular weight is 519 g/mol. The van der Waals surface area contributed by atoms with Gasteiger partial charge in [0.05, 0.1) is 0 Å². The number of hydrogen-bond acceptors (Lipinski definition) is 6. The average Bonchev–Trinajstić information content (AvgIpc) is 2.97. The molecule has 3 rings (SSSR count). The van der Waals surface area contributed by atoms with Crippen LogP contribution < -0.4 is 31.2 Å². The van der Waals surface area contributed by atoms with Crippen LogP contribution >= 0.6 is 0 Å². The summed E-state index contributed by atoms with van der Waals surface area (Å²) in [5.74, 6) is -1.13. The molecule has 4 amide bonds. The molecule has 3 aromatic rings. The van der Waals surface area contributed by atoms with Crippen LogP contribution in [0.1, 0.15) is 45.7 Å². The van der Waals surface area contributed by atoms with Crippen LogP contribution in [-0.4, -0.2) is 36.8 Å². The van der Waals surface area contributed by atoms with Crippen LogP contribution in [0.5, 0.6) is 11.5 Å². The van der Waals surface area contributed by atoms with E-state index in [9.17, 15) is 19.2 Å². The molecule has 0 unspecified atom stereocenters. The number of nitrogens with one attached hydrogen (secondary N) is 4. The Morgan fingerprint density at radius 1 is 0.526 bits per heavy atom. The Bertz CT molecular complexity index is 1140. The van der Waals surface area contributed by atoms with E-state index in [-0.39, 0.29) is 24.3 Å². The number of hydrogen-bond donors (Lipinski definition) is 4. The van der Waals surface area contributed by atoms with Gasteiger partial charge in [-0.1, -0.05) is 38.1 Å². The zero-order valence-electron chi connectivity index (χ0n) is 21.2. The fourth-order valence-corrected chi connectivity index (χ4v) is 3.18. The van der Waals surface area contributed by atoms with Gasteiger partial charge < -0.3 is 9.47 Å². The largest absolute Gasteiger partial charge is 0.484 e. The number of benzene rings is 3. The summed E-state index contributed by atoms with van der Waals surface area (Å²) in [6, 6.07) is 20.4. The smallest absolute Gasteiger partial charge is 0.276 e. The number of aryl methyl sites for hydroxylation is 2. The van der Waals surface area contributed by atoms with E-state index < -0.39 is 23.6 Å². The Morgan fingerprint density at radius 2 is 0.868 bits per heavy atom. The molecule has 0 saturated heterocycles. The lowest BCUT2D eigenvalue weighted by atomic mass is 10.1. The van der Waals surface area contributed by atoms with Crippen molar-refractivity contribution in [2.45, 2.75) is 26.7 Å². The van der Waals surface area contributed by atoms with E-state index in [0.717, 1.165) is 24.0 Å². The van der Waals surface area contributed by atoms with Crippen molar-refractivity contribution in [3.8, 4) is 11.5 Å². The Morgan fingerprint density at radius 3 is 1.18 bits per heavy atom. The van der Waals surface area contributed by atoms with Crippen LogP contribution in [0.3, 0.4) is 0 Å². The fraction of sp³-hybridized carbons (Fsp3) is 0.214. The van der Waals surface area contributed by atoms with Crippen molar-refractivity contribution in [1.29, 1.82) is 0 Å². The van der Waals surface area contributed by atoms with E-state index >= 15 is 0 Å². The lowest BCUT2D eigenvalue weighted by molar-refractivity contribution is -0.124. The van der Waals surface area contributed by atoms with Crippen molar-refractivity contribution in [3.05, 3.63) is 95.1 Å². The summed E-state index contributed by atoms with van der Waals surface area (Å²) in [6.07, 6.45) is 1.80. The van der Waals surface area contributed by atoms with Crippen molar-refractivity contribution < 1.29 is 28.7 Å². The maximum atomic E-state index is 12.3. The highest BCUT2D eigenvalue weighted by molar-refractivity contribution is 5.98. The summed E-state index contributed by atoms with van der Waals surface area (Å²) in [7, 11) is 0. The summed E-state index contributed by atoms with van der Waals surface area (Å²) in [6.45, 7) is 3.54. The lowest BCUT2D eigenvalue weighted by Gasteiger charge is -2.10. The second kappa shape index (κ2) is 14.0. The molecule has 0 spiro atoms. The van der Waals surface area contributed by atoms with Crippen molar-refractivity contribution in [1.82, 2.24) is 21.7 Å². The summed E-state index contributed by atoms with van der Waals surface area (Å²) in [5, 5.41) is 0. The molecule has 0 aliphatic rings. The van der Waals surface area contributed by atoms with E-state index in [1.807, 2.05) is 38.1 Å². The highest BCUT2D eigenvalue weighted by Gasteiger charge is 2.12. The van der Waals surface area contributed by atoms with Gasteiger partial charge in [0.15, 0.2) is 13.2 Å². The van der Waals surface area contributed by atoms with Gasteiger partial charge in [0, 0.05) is 11.1 Å². The number of ether oxygens (including phenoxy) is 2. The highest BCUT2D eigenvalue weighted by atomic mass is 16.5. The molecule has 10 heteroatoms. The number of amides is 4. The summed E-state index contributed by atoms with van der Waals surface area (Å²) in [5.41, 5.74) is 11.8. The van der Waals surface area contributed by atoms with Gasteiger partial charge in [-0.3, -0.25) is 40.9 Å². The van der Waals surface area contributed by atoms with Gasteiger partial charge in [-0.2, -0.15) is 0 Å². The maximum Gasteiger partial charge on any atom is 0.276 e. The first-order chi connectivity index (χ1) is 18.4. The first-order valence-electron chi connectivity index (χ1n) is 12.1. The number of hydrazine groups is 2. The number of carbonyl (C=O) groups excluding carboxylic acids is 4. The third kappa shape index (κ3) is 8.66. The molecule has 0 fully saturated rings. The first-order valence-corrected chi connectivity index (χ1v) is 12.1. The number of rotatable bonds is 10. The van der Waals surface area contributed by atoms with Gasteiger partial charge in [-0.15, -0.1) is 0 Å². The van der Waals surface area contributed by atoms with Crippen molar-refractivity contribution in [2.75, 3.05) is 13.2 Å². The third-order valence-electron chi connectivity index (χ3n) is 5.44. The van der Waals surface area contributed by atoms with Gasteiger partial charge in [-0.05, 0) is 72.5 Å². The third-order valence-corrected chi connectivity index (χ3v) is 5.44. The Balaban J connectivity index is 1.37. The van der Waals surface area contributed by atoms with Crippen LogP contribution in [-0.2, 0) is 22.4 Å². The fourth-order valence-electron chi connectivity index (χ4n) is 3.18. The quantitative estimate of drug-likeness (QED) is 0.305. The highest BCUT2D eigenvalue weighted by Crippen LogP contribution is 2.13. The predicted octanol–water partition coefficient (Wildman–Crippen LogP) is 2.49. The molecule has 0 aliphatic carbocycles. The summed E-state index contributed by atoms with van der Waals surface area (Å²) >= 11 is 0. The predicted molar refractivity (Wildman–Crippen MR) is 140 cm³/mol. The second-order valence-electron chi connectivity index (χ2n) is 8.15. The Labute approximate surface area is 220 Å². The minimum absolute atomic E-state index is 0.212. The topological polar surface area (TPSA) is 135 Å². The molecule has 0 bridgehead atoms. The second-order valence-corrected chi connectivity index (χ2v) is 8.15. The molecule has 4 N–H and O–H groups in total. The van der Waals surface area contributed by atoms with E-state index in [0.29, 0.717) is 11.5 Å². The minimum atomic E-state index is -0.574. The van der Waals surface area contributed by atoms with Gasteiger partial charge in [0.2, 0.25) is 0 Å². The van der Waals surface area contributed by atoms with E-state index in [1.165, 1.54) is 24.3 Å². The van der Waals surface area contributed by atoms with Crippen LogP contribution in [0.4, 0.5) is 0 Å². The lowest BCUT2D eigenvalue weighted by Crippen LogP contribution is -2.44. The Kier molecular flexibility index (Phi) is 10.2. The maximum absolute atomic E-state index is 12.3. The van der Waals surface area contributed by atoms with Gasteiger partial charge in [-0.25, -0.2) is 0 Å². The van der Waals surface area contributed by atoms with E-state index in [1.54, 1.807) is 24.3 Å². The van der Waals surface area contributed by atoms with Crippen LogP contribution in [0.2, 0.25) is 0 Å². The minimum Gasteiger partial charge on any atom is -0.484 e. The van der Waals surface area contributed by atoms with Gasteiger partial charge >= 0.3 is 0 Å². The first kappa shape index (κ1) is 27.7. The molecule has 198 valence electrons. The molecule has 0 aliphatic heterocycles. The standard InChI is InChI=1S/C28H30N4O6/c1-3-19-5-13-23(14-6-19)37-17-25(33)29-31-27(35)21-9-11-22(12-10-21)28(36)32-30-26(34)18-38-24-15-7-20(4-2)8-16-24/h5-16H,3-4,17-18H2,1-2H3,(H,29,33)(H,30,34)(H,31,35)(H,32,36). The monoisotopic (exact) mass is 518 g/mol. The molecule has 10 nitrogen and oxygen atoms in total. The van der Waals surface area contributed by atoms with Crippen molar-refractivity contribution in [2.24, 2.45) is 0 Å². The van der Waals surface area contributed by atoms with E-state index in [2.05, 4.69) is 21.7 Å². The zero-order valence-corrected chi connectivity index (χ0v) is 21.2. The Hall–Kier alpha value is -4.86. The molecule has 0 atom stereocenters. The molecule has 3 aromatic carbocycles. The summed E-state index contributed by atoms with van der Waals surface area (Å²) in [4.78, 5) is 48.5. The van der Waals surface area contributed by atoms with Crippen LogP contribution in [0.15, 0.2) is 72.8 Å². The zero-order chi connectivity index (χ0) is 27.3. The molecular formula is C28H30N4O6. The molecule has 0 aromatic heterocycles. The molecular weight excluding hydrogens is 488 g/mol. The van der Waals surface area contributed by atoms with Crippen LogP contribution in [0, 0.1) is 0 Å². The SMILES string of the molecule is CCc1ccc(OCC(=O)NNC(=O)c2ccc(C(=O)NNC(=O)COc3ccc(CC)cc3)cc2)cc1. The molecule has 38 heavy (non-hydrogen) atoms. The number of carbonyl (C=O) groups is 4. The normalized spacial score (nSPS) is 10.2. The van der Waals surface area contributed by atoms with Crippen molar-refractivity contribution in [3.63, 3.8) is 0 Å². The van der Waals surface area contributed by atoms with E-state index in [4.69, 9.17) is 9.47 Å².